The fraction of sp³-hybridized carbons (Fsp3) is 0.615. The summed E-state index contributed by atoms with van der Waals surface area (Å²) in [6, 6.07) is 0. The molecule has 0 saturated heterocycles. The number of aromatic nitrogens is 4. The number of hydrogen-bond donors (Lipinski definition) is 1. The SMILES string of the molecule is COc1ncnc2c1[nH]c(=S)n2CCC1CCCC1. The van der Waals surface area contributed by atoms with Crippen molar-refractivity contribution < 1.29 is 4.74 Å². The van der Waals surface area contributed by atoms with Gasteiger partial charge in [0.1, 0.15) is 11.8 Å². The first-order valence-corrected chi connectivity index (χ1v) is 7.18. The molecule has 0 aliphatic heterocycles. The van der Waals surface area contributed by atoms with Gasteiger partial charge in [-0.05, 0) is 24.6 Å². The van der Waals surface area contributed by atoms with E-state index in [0.717, 1.165) is 23.6 Å². The molecule has 0 radical (unpaired) electrons. The highest BCUT2D eigenvalue weighted by molar-refractivity contribution is 7.71. The summed E-state index contributed by atoms with van der Waals surface area (Å²) in [5.74, 6) is 1.39. The Morgan fingerprint density at radius 3 is 2.95 bits per heavy atom. The molecule has 0 aromatic carbocycles. The Morgan fingerprint density at radius 1 is 1.42 bits per heavy atom. The zero-order chi connectivity index (χ0) is 13.2. The number of H-pyrrole nitrogens is 1. The summed E-state index contributed by atoms with van der Waals surface area (Å²) in [7, 11) is 1.61. The van der Waals surface area contributed by atoms with Crippen molar-refractivity contribution in [2.45, 2.75) is 38.6 Å². The predicted molar refractivity (Wildman–Crippen MR) is 75.8 cm³/mol. The third-order valence-electron chi connectivity index (χ3n) is 3.95. The van der Waals surface area contributed by atoms with Gasteiger partial charge in [0.25, 0.3) is 0 Å². The lowest BCUT2D eigenvalue weighted by molar-refractivity contribution is 0.401. The topological polar surface area (TPSA) is 55.7 Å². The maximum Gasteiger partial charge on any atom is 0.242 e. The summed E-state index contributed by atoms with van der Waals surface area (Å²) >= 11 is 5.38. The van der Waals surface area contributed by atoms with Gasteiger partial charge in [-0.3, -0.25) is 0 Å². The standard InChI is InChI=1S/C13H18N4OS/c1-18-12-10-11(14-8-15-12)17(13(19)16-10)7-6-9-4-2-3-5-9/h8-9H,2-7H2,1H3,(H,16,19). The Bertz CT molecular complexity index is 627. The van der Waals surface area contributed by atoms with Gasteiger partial charge in [-0.2, -0.15) is 4.98 Å². The monoisotopic (exact) mass is 278 g/mol. The van der Waals surface area contributed by atoms with E-state index in [1.54, 1.807) is 7.11 Å². The van der Waals surface area contributed by atoms with Crippen molar-refractivity contribution >= 4 is 23.4 Å². The number of rotatable bonds is 4. The van der Waals surface area contributed by atoms with Crippen LogP contribution in [0.5, 0.6) is 5.88 Å². The second-order valence-electron chi connectivity index (χ2n) is 5.10. The van der Waals surface area contributed by atoms with Gasteiger partial charge in [0, 0.05) is 6.54 Å². The van der Waals surface area contributed by atoms with Crippen LogP contribution in [-0.4, -0.2) is 26.6 Å². The lowest BCUT2D eigenvalue weighted by Gasteiger charge is -2.09. The molecule has 19 heavy (non-hydrogen) atoms. The lowest BCUT2D eigenvalue weighted by atomic mass is 10.0. The van der Waals surface area contributed by atoms with Gasteiger partial charge in [0.05, 0.1) is 7.11 Å². The molecule has 0 bridgehead atoms. The van der Waals surface area contributed by atoms with E-state index in [4.69, 9.17) is 17.0 Å². The fourth-order valence-electron chi connectivity index (χ4n) is 2.92. The zero-order valence-electron chi connectivity index (χ0n) is 11.1. The summed E-state index contributed by atoms with van der Waals surface area (Å²) in [6.07, 6.45) is 8.16. The van der Waals surface area contributed by atoms with E-state index in [2.05, 4.69) is 19.5 Å². The molecule has 1 aliphatic rings. The van der Waals surface area contributed by atoms with Crippen LogP contribution in [0.2, 0.25) is 0 Å². The average Bonchev–Trinajstić information content (AvgIpc) is 3.03. The lowest BCUT2D eigenvalue weighted by Crippen LogP contribution is -2.04. The molecule has 2 aromatic rings. The number of aryl methyl sites for hydroxylation is 1. The molecule has 0 spiro atoms. The molecular weight excluding hydrogens is 260 g/mol. The Balaban J connectivity index is 1.90. The van der Waals surface area contributed by atoms with Crippen molar-refractivity contribution in [1.29, 1.82) is 0 Å². The van der Waals surface area contributed by atoms with Gasteiger partial charge in [0.2, 0.25) is 5.88 Å². The van der Waals surface area contributed by atoms with Crippen molar-refractivity contribution in [1.82, 2.24) is 19.5 Å². The Morgan fingerprint density at radius 2 is 2.21 bits per heavy atom. The summed E-state index contributed by atoms with van der Waals surface area (Å²) < 4.78 is 8.00. The van der Waals surface area contributed by atoms with E-state index in [-0.39, 0.29) is 0 Å². The molecule has 0 atom stereocenters. The number of imidazole rings is 1. The number of fused-ring (bicyclic) bond motifs is 1. The molecule has 1 fully saturated rings. The minimum absolute atomic E-state index is 0.552. The summed E-state index contributed by atoms with van der Waals surface area (Å²) in [4.78, 5) is 11.6. The predicted octanol–water partition coefficient (Wildman–Crippen LogP) is 3.08. The molecule has 1 aliphatic carbocycles. The number of hydrogen-bond acceptors (Lipinski definition) is 4. The van der Waals surface area contributed by atoms with Crippen molar-refractivity contribution in [2.24, 2.45) is 5.92 Å². The highest BCUT2D eigenvalue weighted by Gasteiger charge is 2.16. The van der Waals surface area contributed by atoms with Crippen molar-refractivity contribution in [3.63, 3.8) is 0 Å². The van der Waals surface area contributed by atoms with E-state index < -0.39 is 0 Å². The molecule has 0 amide bonds. The second-order valence-corrected chi connectivity index (χ2v) is 5.49. The molecule has 102 valence electrons. The number of nitrogens with zero attached hydrogens (tertiary/aromatic N) is 3. The average molecular weight is 278 g/mol. The Hall–Kier alpha value is -1.43. The third kappa shape index (κ3) is 2.36. The van der Waals surface area contributed by atoms with Crippen LogP contribution in [0, 0.1) is 10.7 Å². The normalized spacial score (nSPS) is 16.3. The van der Waals surface area contributed by atoms with Crippen LogP contribution in [-0.2, 0) is 6.54 Å². The number of ether oxygens (including phenoxy) is 1. The molecule has 3 rings (SSSR count). The Labute approximate surface area is 117 Å². The molecule has 5 nitrogen and oxygen atoms in total. The van der Waals surface area contributed by atoms with Gasteiger partial charge in [0.15, 0.2) is 10.4 Å². The first-order chi connectivity index (χ1) is 9.29. The third-order valence-corrected chi connectivity index (χ3v) is 4.28. The molecule has 2 aromatic heterocycles. The summed E-state index contributed by atoms with van der Waals surface area (Å²) in [5.41, 5.74) is 1.64. The highest BCUT2D eigenvalue weighted by atomic mass is 32.1. The fourth-order valence-corrected chi connectivity index (χ4v) is 3.20. The molecular formula is C13H18N4OS. The van der Waals surface area contributed by atoms with Crippen LogP contribution in [0.25, 0.3) is 11.2 Å². The molecule has 1 saturated carbocycles. The molecule has 0 unspecified atom stereocenters. The minimum Gasteiger partial charge on any atom is -0.479 e. The second kappa shape index (κ2) is 5.28. The quantitative estimate of drug-likeness (QED) is 0.873. The first-order valence-electron chi connectivity index (χ1n) is 6.77. The largest absolute Gasteiger partial charge is 0.479 e. The van der Waals surface area contributed by atoms with Crippen molar-refractivity contribution in [2.75, 3.05) is 7.11 Å². The molecule has 6 heteroatoms. The number of nitrogens with one attached hydrogen (secondary N) is 1. The van der Waals surface area contributed by atoms with Crippen LogP contribution < -0.4 is 4.74 Å². The maximum atomic E-state index is 5.38. The van der Waals surface area contributed by atoms with Crippen LogP contribution in [0.1, 0.15) is 32.1 Å². The minimum atomic E-state index is 0.552. The zero-order valence-corrected chi connectivity index (χ0v) is 11.9. The summed E-state index contributed by atoms with van der Waals surface area (Å²) in [6.45, 7) is 0.920. The number of methoxy groups -OCH3 is 1. The van der Waals surface area contributed by atoms with Crippen LogP contribution in [0.15, 0.2) is 6.33 Å². The van der Waals surface area contributed by atoms with Gasteiger partial charge < -0.3 is 14.3 Å². The van der Waals surface area contributed by atoms with Crippen molar-refractivity contribution in [3.05, 3.63) is 11.1 Å². The maximum absolute atomic E-state index is 5.38. The van der Waals surface area contributed by atoms with Crippen LogP contribution in [0.4, 0.5) is 0 Å². The van der Waals surface area contributed by atoms with Crippen LogP contribution in [0.3, 0.4) is 0 Å². The van der Waals surface area contributed by atoms with Gasteiger partial charge in [-0.15, -0.1) is 0 Å². The van der Waals surface area contributed by atoms with E-state index >= 15 is 0 Å². The van der Waals surface area contributed by atoms with E-state index in [0.29, 0.717) is 10.7 Å². The van der Waals surface area contributed by atoms with Gasteiger partial charge in [-0.25, -0.2) is 4.98 Å². The molecule has 2 heterocycles. The first kappa shape index (κ1) is 12.6. The molecule has 1 N–H and O–H groups in total. The van der Waals surface area contributed by atoms with Gasteiger partial charge in [-0.1, -0.05) is 25.7 Å². The van der Waals surface area contributed by atoms with E-state index in [1.807, 2.05) is 0 Å². The van der Waals surface area contributed by atoms with Gasteiger partial charge >= 0.3 is 0 Å². The van der Waals surface area contributed by atoms with Crippen molar-refractivity contribution in [3.8, 4) is 5.88 Å². The van der Waals surface area contributed by atoms with E-state index in [9.17, 15) is 0 Å². The number of aromatic amines is 1. The van der Waals surface area contributed by atoms with E-state index in [1.165, 1.54) is 38.4 Å². The van der Waals surface area contributed by atoms with Crippen LogP contribution >= 0.6 is 12.2 Å². The Kier molecular flexibility index (Phi) is 3.50. The summed E-state index contributed by atoms with van der Waals surface area (Å²) in [5, 5.41) is 0. The highest BCUT2D eigenvalue weighted by Crippen LogP contribution is 2.28. The smallest absolute Gasteiger partial charge is 0.242 e.